The molecule has 3 aromatic rings. The number of anilines is 1. The molecule has 0 saturated carbocycles. The Morgan fingerprint density at radius 3 is 2.47 bits per heavy atom. The molecule has 2 aromatic carbocycles. The lowest BCUT2D eigenvalue weighted by Gasteiger charge is -2.36. The van der Waals surface area contributed by atoms with Gasteiger partial charge in [0.05, 0.1) is 23.8 Å². The fraction of sp³-hybridized carbons (Fsp3) is 0.375. The van der Waals surface area contributed by atoms with Crippen LogP contribution in [-0.4, -0.2) is 59.4 Å². The van der Waals surface area contributed by atoms with Crippen LogP contribution < -0.4 is 15.2 Å². The molecule has 0 unspecified atom stereocenters. The van der Waals surface area contributed by atoms with Gasteiger partial charge < -0.3 is 14.5 Å². The number of rotatable bonds is 7. The van der Waals surface area contributed by atoms with Crippen molar-refractivity contribution in [1.29, 1.82) is 0 Å². The van der Waals surface area contributed by atoms with E-state index in [-0.39, 0.29) is 17.2 Å². The van der Waals surface area contributed by atoms with Gasteiger partial charge in [0.1, 0.15) is 5.75 Å². The molecule has 1 aromatic heterocycles. The number of thioether (sulfide) groups is 1. The zero-order chi connectivity index (χ0) is 22.5. The maximum absolute atomic E-state index is 12.9. The van der Waals surface area contributed by atoms with Gasteiger partial charge in [0.25, 0.3) is 5.56 Å². The zero-order valence-electron chi connectivity index (χ0n) is 18.5. The van der Waals surface area contributed by atoms with Gasteiger partial charge in [-0.15, -0.1) is 0 Å². The number of benzene rings is 2. The SMILES string of the molecule is CCCn1c(SCC(=O)N2CCN(c3ccc(OC)cc3)CC2)nc2ccccc2c1=O. The van der Waals surface area contributed by atoms with Crippen LogP contribution in [0, 0.1) is 0 Å². The van der Waals surface area contributed by atoms with Gasteiger partial charge in [-0.05, 0) is 42.8 Å². The van der Waals surface area contributed by atoms with E-state index in [0.717, 1.165) is 30.9 Å². The molecular weight excluding hydrogens is 424 g/mol. The minimum Gasteiger partial charge on any atom is -0.497 e. The Morgan fingerprint density at radius 2 is 1.78 bits per heavy atom. The van der Waals surface area contributed by atoms with Gasteiger partial charge in [0, 0.05) is 38.4 Å². The highest BCUT2D eigenvalue weighted by atomic mass is 32.2. The Morgan fingerprint density at radius 1 is 1.06 bits per heavy atom. The molecule has 0 spiro atoms. The topological polar surface area (TPSA) is 67.7 Å². The van der Waals surface area contributed by atoms with Crippen LogP contribution in [-0.2, 0) is 11.3 Å². The molecule has 0 atom stereocenters. The van der Waals surface area contributed by atoms with Gasteiger partial charge in [-0.25, -0.2) is 4.98 Å². The largest absolute Gasteiger partial charge is 0.497 e. The molecule has 1 amide bonds. The quantitative estimate of drug-likeness (QED) is 0.405. The first-order chi connectivity index (χ1) is 15.6. The number of carbonyl (C=O) groups excluding carboxylic acids is 1. The van der Waals surface area contributed by atoms with Crippen molar-refractivity contribution in [3.05, 3.63) is 58.9 Å². The second kappa shape index (κ2) is 10.1. The molecule has 1 saturated heterocycles. The number of methoxy groups -OCH3 is 1. The second-order valence-corrected chi connectivity index (χ2v) is 8.67. The molecule has 32 heavy (non-hydrogen) atoms. The Labute approximate surface area is 192 Å². The molecule has 0 radical (unpaired) electrons. The third-order valence-corrected chi connectivity index (χ3v) is 6.63. The van der Waals surface area contributed by atoms with Crippen LogP contribution in [0.3, 0.4) is 0 Å². The van der Waals surface area contributed by atoms with Crippen molar-refractivity contribution in [3.63, 3.8) is 0 Å². The highest BCUT2D eigenvalue weighted by molar-refractivity contribution is 7.99. The lowest BCUT2D eigenvalue weighted by molar-refractivity contribution is -0.128. The molecule has 168 valence electrons. The maximum atomic E-state index is 12.9. The molecule has 0 N–H and O–H groups in total. The van der Waals surface area contributed by atoms with Gasteiger partial charge in [0.15, 0.2) is 5.16 Å². The summed E-state index contributed by atoms with van der Waals surface area (Å²) in [5.41, 5.74) is 1.77. The first kappa shape index (κ1) is 22.2. The number of amides is 1. The second-order valence-electron chi connectivity index (χ2n) is 7.72. The van der Waals surface area contributed by atoms with E-state index >= 15 is 0 Å². The summed E-state index contributed by atoms with van der Waals surface area (Å²) in [5.74, 6) is 1.19. The summed E-state index contributed by atoms with van der Waals surface area (Å²) in [5, 5.41) is 1.23. The van der Waals surface area contributed by atoms with E-state index in [1.165, 1.54) is 11.8 Å². The van der Waals surface area contributed by atoms with Crippen molar-refractivity contribution in [2.45, 2.75) is 25.0 Å². The average molecular weight is 453 g/mol. The van der Waals surface area contributed by atoms with Gasteiger partial charge in [-0.3, -0.25) is 14.2 Å². The lowest BCUT2D eigenvalue weighted by Crippen LogP contribution is -2.49. The molecule has 8 heteroatoms. The highest BCUT2D eigenvalue weighted by Crippen LogP contribution is 2.22. The number of para-hydroxylation sites is 1. The number of carbonyl (C=O) groups is 1. The van der Waals surface area contributed by atoms with Gasteiger partial charge >= 0.3 is 0 Å². The van der Waals surface area contributed by atoms with Crippen LogP contribution in [0.5, 0.6) is 5.75 Å². The Bertz CT molecular complexity index is 1140. The minimum absolute atomic E-state index is 0.0412. The minimum atomic E-state index is -0.0412. The average Bonchev–Trinajstić information content (AvgIpc) is 2.85. The first-order valence-electron chi connectivity index (χ1n) is 10.9. The fourth-order valence-electron chi connectivity index (χ4n) is 3.90. The summed E-state index contributed by atoms with van der Waals surface area (Å²) in [7, 11) is 1.66. The normalized spacial score (nSPS) is 14.1. The van der Waals surface area contributed by atoms with Crippen molar-refractivity contribution in [1.82, 2.24) is 14.5 Å². The van der Waals surface area contributed by atoms with E-state index in [0.29, 0.717) is 35.7 Å². The number of ether oxygens (including phenoxy) is 1. The van der Waals surface area contributed by atoms with Crippen LogP contribution in [0.2, 0.25) is 0 Å². The predicted molar refractivity (Wildman–Crippen MR) is 129 cm³/mol. The molecule has 1 aliphatic rings. The van der Waals surface area contributed by atoms with E-state index in [1.807, 2.05) is 54.3 Å². The molecule has 1 aliphatic heterocycles. The predicted octanol–water partition coefficient (Wildman–Crippen LogP) is 3.26. The number of fused-ring (bicyclic) bond motifs is 1. The maximum Gasteiger partial charge on any atom is 0.262 e. The number of aromatic nitrogens is 2. The third kappa shape index (κ3) is 4.75. The highest BCUT2D eigenvalue weighted by Gasteiger charge is 2.22. The van der Waals surface area contributed by atoms with Gasteiger partial charge in [-0.1, -0.05) is 30.8 Å². The third-order valence-electron chi connectivity index (χ3n) is 5.67. The molecule has 1 fully saturated rings. The summed E-state index contributed by atoms with van der Waals surface area (Å²) in [4.78, 5) is 34.6. The monoisotopic (exact) mass is 452 g/mol. The Balaban J connectivity index is 1.39. The van der Waals surface area contributed by atoms with E-state index in [2.05, 4.69) is 9.88 Å². The van der Waals surface area contributed by atoms with E-state index in [9.17, 15) is 9.59 Å². The first-order valence-corrected chi connectivity index (χ1v) is 11.9. The fourth-order valence-corrected chi connectivity index (χ4v) is 4.83. The number of piperazine rings is 1. The molecule has 7 nitrogen and oxygen atoms in total. The Hall–Kier alpha value is -3.00. The number of hydrogen-bond acceptors (Lipinski definition) is 6. The van der Waals surface area contributed by atoms with E-state index in [1.54, 1.807) is 17.7 Å². The molecule has 0 aliphatic carbocycles. The van der Waals surface area contributed by atoms with Crippen molar-refractivity contribution in [2.75, 3.05) is 43.9 Å². The van der Waals surface area contributed by atoms with Crippen molar-refractivity contribution in [2.24, 2.45) is 0 Å². The van der Waals surface area contributed by atoms with Crippen molar-refractivity contribution in [3.8, 4) is 5.75 Å². The van der Waals surface area contributed by atoms with Crippen LogP contribution in [0.1, 0.15) is 13.3 Å². The molecular formula is C24H28N4O3S. The summed E-state index contributed by atoms with van der Waals surface area (Å²) in [6, 6.07) is 15.4. The number of nitrogens with zero attached hydrogens (tertiary/aromatic N) is 4. The van der Waals surface area contributed by atoms with Crippen LogP contribution in [0.4, 0.5) is 5.69 Å². The summed E-state index contributed by atoms with van der Waals surface area (Å²) in [6.45, 7) is 5.56. The van der Waals surface area contributed by atoms with Crippen LogP contribution >= 0.6 is 11.8 Å². The van der Waals surface area contributed by atoms with Gasteiger partial charge in [0.2, 0.25) is 5.91 Å². The molecule has 4 rings (SSSR count). The van der Waals surface area contributed by atoms with E-state index < -0.39 is 0 Å². The van der Waals surface area contributed by atoms with Gasteiger partial charge in [-0.2, -0.15) is 0 Å². The lowest BCUT2D eigenvalue weighted by atomic mass is 10.2. The smallest absolute Gasteiger partial charge is 0.262 e. The van der Waals surface area contributed by atoms with Crippen molar-refractivity contribution >= 4 is 34.3 Å². The molecule has 2 heterocycles. The van der Waals surface area contributed by atoms with E-state index in [4.69, 9.17) is 4.74 Å². The Kier molecular flexibility index (Phi) is 6.99. The summed E-state index contributed by atoms with van der Waals surface area (Å²) >= 11 is 1.35. The zero-order valence-corrected chi connectivity index (χ0v) is 19.3. The summed E-state index contributed by atoms with van der Waals surface area (Å²) < 4.78 is 6.92. The summed E-state index contributed by atoms with van der Waals surface area (Å²) in [6.07, 6.45) is 0.828. The number of hydrogen-bond donors (Lipinski definition) is 0. The standard InChI is InChI=1S/C24H28N4O3S/c1-3-12-28-23(30)20-6-4-5-7-21(20)25-24(28)32-17-22(29)27-15-13-26(14-16-27)18-8-10-19(31-2)11-9-18/h4-11H,3,12-17H2,1-2H3. The molecule has 0 bridgehead atoms. The van der Waals surface area contributed by atoms with Crippen LogP contribution in [0.15, 0.2) is 58.5 Å². The van der Waals surface area contributed by atoms with Crippen LogP contribution in [0.25, 0.3) is 10.9 Å². The van der Waals surface area contributed by atoms with Crippen molar-refractivity contribution < 1.29 is 9.53 Å².